The highest BCUT2D eigenvalue weighted by Gasteiger charge is 2.17. The van der Waals surface area contributed by atoms with Gasteiger partial charge in [0.25, 0.3) is 5.91 Å². The van der Waals surface area contributed by atoms with Crippen LogP contribution in [0.5, 0.6) is 0 Å². The van der Waals surface area contributed by atoms with E-state index in [4.69, 9.17) is 0 Å². The summed E-state index contributed by atoms with van der Waals surface area (Å²) in [6.07, 6.45) is 4.69. The maximum Gasteiger partial charge on any atom is 0.253 e. The average molecular weight is 278 g/mol. The SMILES string of the molecule is Cc1cc(F)ccc1C(=O)N(C)CCC1CCCCN1. The van der Waals surface area contributed by atoms with Crippen molar-refractivity contribution in [3.05, 3.63) is 35.1 Å². The first-order valence-electron chi connectivity index (χ1n) is 7.33. The molecule has 0 bridgehead atoms. The lowest BCUT2D eigenvalue weighted by Crippen LogP contribution is -2.38. The second-order valence-corrected chi connectivity index (χ2v) is 5.62. The summed E-state index contributed by atoms with van der Waals surface area (Å²) in [6, 6.07) is 4.84. The lowest BCUT2D eigenvalue weighted by atomic mass is 10.0. The zero-order chi connectivity index (χ0) is 14.5. The van der Waals surface area contributed by atoms with E-state index in [9.17, 15) is 9.18 Å². The zero-order valence-corrected chi connectivity index (χ0v) is 12.3. The van der Waals surface area contributed by atoms with E-state index in [1.165, 1.54) is 31.4 Å². The Morgan fingerprint density at radius 2 is 2.25 bits per heavy atom. The van der Waals surface area contributed by atoms with Gasteiger partial charge in [-0.25, -0.2) is 4.39 Å². The Labute approximate surface area is 120 Å². The third kappa shape index (κ3) is 3.79. The fraction of sp³-hybridized carbons (Fsp3) is 0.562. The molecule has 1 atom stereocenters. The van der Waals surface area contributed by atoms with E-state index in [1.54, 1.807) is 17.9 Å². The number of hydrogen-bond donors (Lipinski definition) is 1. The fourth-order valence-electron chi connectivity index (χ4n) is 2.69. The van der Waals surface area contributed by atoms with Crippen molar-refractivity contribution in [2.45, 2.75) is 38.6 Å². The van der Waals surface area contributed by atoms with Crippen molar-refractivity contribution in [3.63, 3.8) is 0 Å². The second-order valence-electron chi connectivity index (χ2n) is 5.62. The number of carbonyl (C=O) groups is 1. The number of benzene rings is 1. The van der Waals surface area contributed by atoms with Crippen LogP contribution in [-0.4, -0.2) is 37.0 Å². The highest BCUT2D eigenvalue weighted by atomic mass is 19.1. The van der Waals surface area contributed by atoms with Gasteiger partial charge in [-0.2, -0.15) is 0 Å². The van der Waals surface area contributed by atoms with Crippen molar-refractivity contribution in [3.8, 4) is 0 Å². The number of piperidine rings is 1. The predicted molar refractivity (Wildman–Crippen MR) is 78.4 cm³/mol. The number of nitrogens with one attached hydrogen (secondary N) is 1. The number of halogens is 1. The molecule has 1 heterocycles. The molecule has 1 N–H and O–H groups in total. The van der Waals surface area contributed by atoms with Crippen LogP contribution in [0, 0.1) is 12.7 Å². The van der Waals surface area contributed by atoms with Gasteiger partial charge in [-0.3, -0.25) is 4.79 Å². The number of amides is 1. The van der Waals surface area contributed by atoms with Crippen LogP contribution in [0.2, 0.25) is 0 Å². The topological polar surface area (TPSA) is 32.3 Å². The quantitative estimate of drug-likeness (QED) is 0.918. The van der Waals surface area contributed by atoms with Crippen LogP contribution < -0.4 is 5.32 Å². The summed E-state index contributed by atoms with van der Waals surface area (Å²) in [7, 11) is 1.81. The molecule has 0 saturated carbocycles. The lowest BCUT2D eigenvalue weighted by molar-refractivity contribution is 0.0787. The molecular formula is C16H23FN2O. The maximum atomic E-state index is 13.1. The van der Waals surface area contributed by atoms with Gasteiger partial charge >= 0.3 is 0 Å². The van der Waals surface area contributed by atoms with Crippen LogP contribution in [-0.2, 0) is 0 Å². The van der Waals surface area contributed by atoms with Gasteiger partial charge in [0.2, 0.25) is 0 Å². The minimum atomic E-state index is -0.298. The summed E-state index contributed by atoms with van der Waals surface area (Å²) in [5.41, 5.74) is 1.28. The second kappa shape index (κ2) is 6.84. The Morgan fingerprint density at radius 1 is 1.45 bits per heavy atom. The highest BCUT2D eigenvalue weighted by Crippen LogP contribution is 2.14. The fourth-order valence-corrected chi connectivity index (χ4v) is 2.69. The van der Waals surface area contributed by atoms with Crippen molar-refractivity contribution in [2.24, 2.45) is 0 Å². The molecule has 1 aliphatic heterocycles. The molecule has 1 aromatic carbocycles. The lowest BCUT2D eigenvalue weighted by Gasteiger charge is -2.26. The molecule has 20 heavy (non-hydrogen) atoms. The van der Waals surface area contributed by atoms with Crippen molar-refractivity contribution in [1.29, 1.82) is 0 Å². The first-order chi connectivity index (χ1) is 9.58. The first-order valence-corrected chi connectivity index (χ1v) is 7.33. The molecule has 1 aliphatic rings. The van der Waals surface area contributed by atoms with Crippen LogP contribution in [0.4, 0.5) is 4.39 Å². The Bertz CT molecular complexity index is 470. The van der Waals surface area contributed by atoms with E-state index in [0.717, 1.165) is 19.5 Å². The summed E-state index contributed by atoms with van der Waals surface area (Å²) in [6.45, 7) is 3.58. The first kappa shape index (κ1) is 15.0. The molecule has 2 rings (SSSR count). The van der Waals surface area contributed by atoms with Crippen LogP contribution in [0.1, 0.15) is 41.6 Å². The minimum absolute atomic E-state index is 0.0293. The van der Waals surface area contributed by atoms with Gasteiger partial charge in [-0.05, 0) is 56.5 Å². The largest absolute Gasteiger partial charge is 0.342 e. The summed E-state index contributed by atoms with van der Waals surface area (Å²) in [5.74, 6) is -0.327. The molecule has 1 saturated heterocycles. The standard InChI is InChI=1S/C16H23FN2O/c1-12-11-13(17)6-7-15(12)16(20)19(2)10-8-14-5-3-4-9-18-14/h6-7,11,14,18H,3-5,8-10H2,1-2H3. The van der Waals surface area contributed by atoms with Gasteiger partial charge in [-0.15, -0.1) is 0 Å². The smallest absolute Gasteiger partial charge is 0.253 e. The van der Waals surface area contributed by atoms with Crippen LogP contribution in [0.15, 0.2) is 18.2 Å². The summed E-state index contributed by atoms with van der Waals surface area (Å²) in [4.78, 5) is 14.1. The monoisotopic (exact) mass is 278 g/mol. The van der Waals surface area contributed by atoms with E-state index >= 15 is 0 Å². The number of aryl methyl sites for hydroxylation is 1. The third-order valence-corrected chi connectivity index (χ3v) is 3.99. The Morgan fingerprint density at radius 3 is 2.90 bits per heavy atom. The normalized spacial score (nSPS) is 18.9. The molecule has 0 aromatic heterocycles. The molecule has 1 amide bonds. The van der Waals surface area contributed by atoms with Gasteiger partial charge in [0.1, 0.15) is 5.82 Å². The van der Waals surface area contributed by atoms with E-state index in [-0.39, 0.29) is 11.7 Å². The van der Waals surface area contributed by atoms with E-state index in [0.29, 0.717) is 17.2 Å². The van der Waals surface area contributed by atoms with Crippen LogP contribution in [0.25, 0.3) is 0 Å². The highest BCUT2D eigenvalue weighted by molar-refractivity contribution is 5.95. The number of hydrogen-bond acceptors (Lipinski definition) is 2. The molecule has 1 unspecified atom stereocenters. The summed E-state index contributed by atoms with van der Waals surface area (Å²) < 4.78 is 13.1. The van der Waals surface area contributed by atoms with Crippen molar-refractivity contribution < 1.29 is 9.18 Å². The van der Waals surface area contributed by atoms with Crippen molar-refractivity contribution in [1.82, 2.24) is 10.2 Å². The van der Waals surface area contributed by atoms with Crippen LogP contribution >= 0.6 is 0 Å². The number of nitrogens with zero attached hydrogens (tertiary/aromatic N) is 1. The molecule has 0 spiro atoms. The van der Waals surface area contributed by atoms with E-state index in [1.807, 2.05) is 7.05 Å². The van der Waals surface area contributed by atoms with Gasteiger partial charge in [0.05, 0.1) is 0 Å². The van der Waals surface area contributed by atoms with Crippen molar-refractivity contribution in [2.75, 3.05) is 20.1 Å². The van der Waals surface area contributed by atoms with Gasteiger partial charge in [0, 0.05) is 25.2 Å². The molecular weight excluding hydrogens is 255 g/mol. The average Bonchev–Trinajstić information content (AvgIpc) is 2.45. The minimum Gasteiger partial charge on any atom is -0.342 e. The van der Waals surface area contributed by atoms with E-state index in [2.05, 4.69) is 5.32 Å². The molecule has 3 nitrogen and oxygen atoms in total. The van der Waals surface area contributed by atoms with Gasteiger partial charge in [-0.1, -0.05) is 6.42 Å². The maximum absolute atomic E-state index is 13.1. The number of rotatable bonds is 4. The predicted octanol–water partition coefficient (Wildman–Crippen LogP) is 2.74. The molecule has 4 heteroatoms. The Balaban J connectivity index is 1.90. The van der Waals surface area contributed by atoms with E-state index < -0.39 is 0 Å². The molecule has 0 aliphatic carbocycles. The molecule has 1 fully saturated rings. The van der Waals surface area contributed by atoms with Crippen LogP contribution in [0.3, 0.4) is 0 Å². The number of carbonyl (C=O) groups excluding carboxylic acids is 1. The molecule has 1 aromatic rings. The van der Waals surface area contributed by atoms with Crippen molar-refractivity contribution >= 4 is 5.91 Å². The van der Waals surface area contributed by atoms with Gasteiger partial charge in [0.15, 0.2) is 0 Å². The third-order valence-electron chi connectivity index (χ3n) is 3.99. The summed E-state index contributed by atoms with van der Waals surface area (Å²) >= 11 is 0. The molecule has 110 valence electrons. The molecule has 0 radical (unpaired) electrons. The summed E-state index contributed by atoms with van der Waals surface area (Å²) in [5, 5.41) is 3.48. The van der Waals surface area contributed by atoms with Gasteiger partial charge < -0.3 is 10.2 Å². The zero-order valence-electron chi connectivity index (χ0n) is 12.3. The Kier molecular flexibility index (Phi) is 5.12. The Hall–Kier alpha value is -1.42.